The first-order chi connectivity index (χ1) is 54.4. The van der Waals surface area contributed by atoms with E-state index < -0.39 is 211 Å². The lowest BCUT2D eigenvalue weighted by molar-refractivity contribution is -0.148. The zero-order chi connectivity index (χ0) is 85.8. The molecule has 3 aliphatic rings. The van der Waals surface area contributed by atoms with Gasteiger partial charge in [0.15, 0.2) is 29.4 Å². The van der Waals surface area contributed by atoms with Crippen LogP contribution in [0.4, 0.5) is 0 Å². The number of aliphatic carboxylic acids is 1. The molecule has 0 radical (unpaired) electrons. The van der Waals surface area contributed by atoms with E-state index in [4.69, 9.17) is 45.9 Å². The molecule has 11 amide bonds. The van der Waals surface area contributed by atoms with E-state index >= 15 is 0 Å². The van der Waals surface area contributed by atoms with Crippen molar-refractivity contribution < 1.29 is 92.3 Å². The number of imidazole rings is 1. The molecule has 0 saturated carbocycles. The summed E-state index contributed by atoms with van der Waals surface area (Å²) in [6.45, 7) is 5.78. The smallest absolute Gasteiger partial charge is 0.327 e. The average Bonchev–Trinajstić information content (AvgIpc) is 1.68. The number of aromatic nitrogens is 2. The fraction of sp³-hybridized carbons (Fsp3) is 0.704. The number of H-pyrrole nitrogens is 1. The van der Waals surface area contributed by atoms with Crippen molar-refractivity contribution in [1.82, 2.24) is 61.9 Å². The van der Waals surface area contributed by atoms with Gasteiger partial charge in [-0.15, -0.1) is 0 Å². The van der Waals surface area contributed by atoms with Crippen LogP contribution in [0.25, 0.3) is 0 Å². The summed E-state index contributed by atoms with van der Waals surface area (Å²) in [7, 11) is 2.43. The monoisotopic (exact) mass is 1660 g/mol. The summed E-state index contributed by atoms with van der Waals surface area (Å²) in [4.78, 5) is 230. The van der Waals surface area contributed by atoms with Crippen molar-refractivity contribution in [1.29, 1.82) is 0 Å². The Labute approximate surface area is 674 Å². The number of aliphatic hydroxyl groups excluding tert-OH is 3. The molecule has 0 aliphatic carbocycles. The zero-order valence-corrected chi connectivity index (χ0v) is 67.6. The number of Topliss-reactive ketones (excluding diaryl/α,β-unsaturated/α-hetero) is 3. The van der Waals surface area contributed by atoms with Crippen molar-refractivity contribution in [2.24, 2.45) is 84.0 Å². The third-order valence-electron chi connectivity index (χ3n) is 19.9. The predicted molar refractivity (Wildman–Crippen MR) is 425 cm³/mol. The predicted octanol–water partition coefficient (Wildman–Crippen LogP) is -6.28. The summed E-state index contributed by atoms with van der Waals surface area (Å²) >= 11 is 0. The number of ketones is 3. The molecule has 1 aromatic heterocycles. The molecule has 3 saturated heterocycles. The van der Waals surface area contributed by atoms with E-state index in [1.807, 2.05) is 0 Å². The van der Waals surface area contributed by atoms with Gasteiger partial charge in [0.1, 0.15) is 60.2 Å². The Morgan fingerprint density at radius 3 is 1.64 bits per heavy atom. The second-order valence-corrected chi connectivity index (χ2v) is 32.3. The number of carboxylic acids is 1. The number of primary amides is 1. The number of amides is 11. The molecule has 3 aliphatic heterocycles. The standard InChI is InChI=1S/C71H119N23O19S2/c1-6-38(2)56(63(108)88-46(34-96)52(98)30-40(33-95)58(103)87-45(31-41-32-80-37-84-41)65(110)93-26-11-17-50(93)62(107)90-48(67(112)113)36-115-114-28-21-54(100)71(3,4)5)91-61(106)47(35-97)89-57(102)39(13-7-22-81-68(74)75)29-53(99)49-16-10-25-92(49)66(111)51-18-12-27-94(51)64(109)44(19-20-55(73)101)86-60(105)43(15-9-24-83-70(78)79)85-59(104)42(72)14-8-23-82-69(76)77/h32,37-40,42-51,56,95-97H,6-31,33-36,72H2,1-5H3,(H2,73,101)(H,80,84)(H,85,104)(H,86,105)(H,87,103)(H,88,108)(H,89,102)(H,90,107)(H,91,106)(H,112,113)(H4,74,75,81)(H4,76,77,82)(H4,78,79,83)/t38-,39+,40-,42-,43-,44-,45-,46-,47-,48-,49-,50-,51-,56?/m0/s1. The van der Waals surface area contributed by atoms with E-state index in [2.05, 4.69) is 62.2 Å². The van der Waals surface area contributed by atoms with E-state index in [1.165, 1.54) is 38.0 Å². The fourth-order valence-corrected chi connectivity index (χ4v) is 15.2. The maximum atomic E-state index is 14.8. The molecule has 1 unspecified atom stereocenters. The number of rotatable bonds is 52. The number of guanidine groups is 3. The van der Waals surface area contributed by atoms with Gasteiger partial charge >= 0.3 is 5.97 Å². The Morgan fingerprint density at radius 2 is 1.09 bits per heavy atom. The highest BCUT2D eigenvalue weighted by molar-refractivity contribution is 8.76. The molecule has 115 heavy (non-hydrogen) atoms. The number of hydrogen-bond acceptors (Lipinski definition) is 25. The number of nitrogens with one attached hydrogen (secondary N) is 8. The van der Waals surface area contributed by atoms with Crippen LogP contribution in [0.5, 0.6) is 0 Å². The summed E-state index contributed by atoms with van der Waals surface area (Å²) in [5, 5.41) is 59.5. The van der Waals surface area contributed by atoms with Gasteiger partial charge in [0, 0.05) is 106 Å². The maximum absolute atomic E-state index is 14.8. The Morgan fingerprint density at radius 1 is 0.565 bits per heavy atom. The largest absolute Gasteiger partial charge is 0.480 e. The van der Waals surface area contributed by atoms with Crippen molar-refractivity contribution >= 4 is 128 Å². The van der Waals surface area contributed by atoms with Crippen molar-refractivity contribution in [2.75, 3.05) is 70.6 Å². The highest BCUT2D eigenvalue weighted by atomic mass is 33.1. The quantitative estimate of drug-likeness (QED) is 0.0125. The Balaban J connectivity index is 1.48. The van der Waals surface area contributed by atoms with Crippen molar-refractivity contribution in [2.45, 2.75) is 223 Å². The molecule has 1 aromatic rings. The number of likely N-dealkylation sites (tertiary alicyclic amines) is 3. The molecular weight excluding hydrogens is 1540 g/mol. The normalized spacial score (nSPS) is 18.2. The first-order valence-electron chi connectivity index (χ1n) is 38.5. The van der Waals surface area contributed by atoms with Crippen LogP contribution in [0.2, 0.25) is 0 Å². The fourth-order valence-electron chi connectivity index (χ4n) is 13.1. The summed E-state index contributed by atoms with van der Waals surface area (Å²) < 4.78 is 0. The lowest BCUT2D eigenvalue weighted by atomic mass is 9.89. The molecule has 42 nitrogen and oxygen atoms in total. The minimum atomic E-state index is -1.80. The molecule has 44 heteroatoms. The van der Waals surface area contributed by atoms with Crippen LogP contribution in [-0.4, -0.2) is 288 Å². The van der Waals surface area contributed by atoms with Gasteiger partial charge in [-0.2, -0.15) is 0 Å². The Kier molecular flexibility index (Phi) is 41.7. The van der Waals surface area contributed by atoms with Gasteiger partial charge in [0.25, 0.3) is 0 Å². The summed E-state index contributed by atoms with van der Waals surface area (Å²) in [5.41, 5.74) is 44.4. The molecule has 0 aromatic carbocycles. The van der Waals surface area contributed by atoms with E-state index in [9.17, 15) is 92.3 Å². The topological polar surface area (TPSA) is 705 Å². The van der Waals surface area contributed by atoms with Crippen LogP contribution in [0, 0.1) is 23.2 Å². The third kappa shape index (κ3) is 32.4. The lowest BCUT2D eigenvalue weighted by Gasteiger charge is -2.33. The average molecular weight is 1660 g/mol. The number of carboxylic acid groups (broad SMARTS) is 1. The highest BCUT2D eigenvalue weighted by Crippen LogP contribution is 2.30. The molecule has 14 atom stereocenters. The maximum Gasteiger partial charge on any atom is 0.327 e. The Hall–Kier alpha value is -9.79. The number of aliphatic hydroxyl groups is 3. The van der Waals surface area contributed by atoms with Crippen LogP contribution in [0.15, 0.2) is 27.5 Å². The first-order valence-corrected chi connectivity index (χ1v) is 41.0. The van der Waals surface area contributed by atoms with Crippen LogP contribution in [0.1, 0.15) is 156 Å². The van der Waals surface area contributed by atoms with Gasteiger partial charge in [0.05, 0.1) is 44.1 Å². The van der Waals surface area contributed by atoms with Crippen molar-refractivity contribution in [3.05, 3.63) is 18.2 Å². The minimum absolute atomic E-state index is 0.0132. The van der Waals surface area contributed by atoms with Gasteiger partial charge in [-0.25, -0.2) is 9.78 Å². The number of nitrogens with zero attached hydrogens (tertiary/aromatic N) is 7. The molecular formula is C71H119N23O19S2. The van der Waals surface area contributed by atoms with Gasteiger partial charge in [-0.05, 0) is 89.4 Å². The molecule has 4 heterocycles. The number of carbonyl (C=O) groups is 15. The van der Waals surface area contributed by atoms with Crippen LogP contribution in [0.3, 0.4) is 0 Å². The number of nitrogens with two attached hydrogens (primary N) is 8. The van der Waals surface area contributed by atoms with E-state index in [-0.39, 0.29) is 146 Å². The summed E-state index contributed by atoms with van der Waals surface area (Å²) in [5.74, 6) is -16.3. The molecule has 0 bridgehead atoms. The molecule has 28 N–H and O–H groups in total. The van der Waals surface area contributed by atoms with Gasteiger partial charge in [-0.1, -0.05) is 62.6 Å². The molecule has 644 valence electrons. The van der Waals surface area contributed by atoms with Gasteiger partial charge < -0.3 is 123 Å². The minimum Gasteiger partial charge on any atom is -0.480 e. The molecule has 3 fully saturated rings. The Bertz CT molecular complexity index is 3580. The highest BCUT2D eigenvalue weighted by Gasteiger charge is 2.46. The number of carbonyl (C=O) groups excluding carboxylic acids is 14. The van der Waals surface area contributed by atoms with Gasteiger partial charge in [-0.3, -0.25) is 82.1 Å². The van der Waals surface area contributed by atoms with Crippen LogP contribution < -0.4 is 83.1 Å². The lowest BCUT2D eigenvalue weighted by Crippen LogP contribution is -2.59. The van der Waals surface area contributed by atoms with Crippen LogP contribution >= 0.6 is 21.6 Å². The summed E-state index contributed by atoms with van der Waals surface area (Å²) in [6.07, 6.45) is 2.73. The SMILES string of the molecule is CC[C@H](C)C(NC(=O)[C@H](CO)NC(=O)[C@H](CCCN=C(N)N)CC(=O)[C@@H]1CCCN1C(=O)[C@@H]1CCCN1C(=O)[C@H](CCC(N)=O)NC(=O)[C@H](CCCN=C(N)N)NC(=O)[C@@H](N)CCCN=C(N)N)C(=O)N[C@@H](CO)C(=O)C[C@@H](CO)C(=O)N[C@@H](Cc1cnc[nH]1)C(=O)N1CCC[C@H]1C(=O)N[C@@H](CSSCCC(=O)C(C)(C)C)C(=O)O. The van der Waals surface area contributed by atoms with Crippen molar-refractivity contribution in [3.8, 4) is 0 Å². The number of hydrogen-bond donors (Lipinski definition) is 20. The van der Waals surface area contributed by atoms with E-state index in [1.54, 1.807) is 34.6 Å². The van der Waals surface area contributed by atoms with E-state index in [0.717, 1.165) is 10.8 Å². The zero-order valence-electron chi connectivity index (χ0n) is 65.9. The number of aliphatic imine (C=N–C) groups is 3. The third-order valence-corrected chi connectivity index (χ3v) is 22.3. The second-order valence-electron chi connectivity index (χ2n) is 29.7. The first kappa shape index (κ1) is 97.6. The molecule has 0 spiro atoms. The van der Waals surface area contributed by atoms with Gasteiger partial charge in [0.2, 0.25) is 65.0 Å². The molecule has 4 rings (SSSR count). The summed E-state index contributed by atoms with van der Waals surface area (Å²) in [6, 6.07) is -15.3. The second kappa shape index (κ2) is 49.2. The van der Waals surface area contributed by atoms with Crippen molar-refractivity contribution in [3.63, 3.8) is 0 Å². The number of aromatic amines is 1. The van der Waals surface area contributed by atoms with E-state index in [0.29, 0.717) is 37.1 Å². The van der Waals surface area contributed by atoms with Crippen LogP contribution in [-0.2, 0) is 78.3 Å².